The SMILES string of the molecule is CC(Oc1ccc(Cl)cc1C=O)C(=O)N1CCCCCC1. The quantitative estimate of drug-likeness (QED) is 0.802. The predicted octanol–water partition coefficient (Wildman–Crippen LogP) is 3.32. The van der Waals surface area contributed by atoms with Gasteiger partial charge in [0.2, 0.25) is 0 Å². The third kappa shape index (κ3) is 4.21. The Kier molecular flexibility index (Phi) is 5.62. The number of carbonyl (C=O) groups excluding carboxylic acids is 2. The van der Waals surface area contributed by atoms with Crippen LogP contribution in [0.2, 0.25) is 5.02 Å². The van der Waals surface area contributed by atoms with Gasteiger partial charge in [0.15, 0.2) is 12.4 Å². The van der Waals surface area contributed by atoms with Gasteiger partial charge in [-0.25, -0.2) is 0 Å². The van der Waals surface area contributed by atoms with Crippen molar-refractivity contribution in [3.63, 3.8) is 0 Å². The van der Waals surface area contributed by atoms with Crippen LogP contribution < -0.4 is 4.74 Å². The van der Waals surface area contributed by atoms with Gasteiger partial charge in [0.25, 0.3) is 5.91 Å². The Morgan fingerprint density at radius 3 is 2.57 bits per heavy atom. The van der Waals surface area contributed by atoms with Gasteiger partial charge in [-0.1, -0.05) is 24.4 Å². The fourth-order valence-electron chi connectivity index (χ4n) is 2.51. The van der Waals surface area contributed by atoms with Crippen molar-refractivity contribution in [2.24, 2.45) is 0 Å². The van der Waals surface area contributed by atoms with Gasteiger partial charge in [-0.3, -0.25) is 9.59 Å². The van der Waals surface area contributed by atoms with Crippen molar-refractivity contribution in [3.05, 3.63) is 28.8 Å². The van der Waals surface area contributed by atoms with Crippen molar-refractivity contribution in [1.29, 1.82) is 0 Å². The lowest BCUT2D eigenvalue weighted by molar-refractivity contribution is -0.137. The number of rotatable bonds is 4. The van der Waals surface area contributed by atoms with E-state index >= 15 is 0 Å². The Morgan fingerprint density at radius 1 is 1.29 bits per heavy atom. The number of hydrogen-bond acceptors (Lipinski definition) is 3. The molecular formula is C16H20ClNO3. The minimum absolute atomic E-state index is 0.0244. The fourth-order valence-corrected chi connectivity index (χ4v) is 2.69. The van der Waals surface area contributed by atoms with E-state index in [4.69, 9.17) is 16.3 Å². The van der Waals surface area contributed by atoms with Gasteiger partial charge in [-0.2, -0.15) is 0 Å². The molecule has 0 bridgehead atoms. The zero-order valence-corrected chi connectivity index (χ0v) is 12.9. The summed E-state index contributed by atoms with van der Waals surface area (Å²) in [5.41, 5.74) is 0.359. The average Bonchev–Trinajstić information content (AvgIpc) is 2.77. The van der Waals surface area contributed by atoms with E-state index in [1.165, 1.54) is 18.9 Å². The maximum atomic E-state index is 12.4. The molecule has 1 fully saturated rings. The average molecular weight is 310 g/mol. The summed E-state index contributed by atoms with van der Waals surface area (Å²) in [6.45, 7) is 3.29. The lowest BCUT2D eigenvalue weighted by Gasteiger charge is -2.24. The van der Waals surface area contributed by atoms with E-state index < -0.39 is 6.10 Å². The van der Waals surface area contributed by atoms with Gasteiger partial charge in [-0.15, -0.1) is 0 Å². The summed E-state index contributed by atoms with van der Waals surface area (Å²) < 4.78 is 5.67. The molecule has 1 aliphatic heterocycles. The number of ether oxygens (including phenoxy) is 1. The molecule has 1 heterocycles. The second kappa shape index (κ2) is 7.46. The lowest BCUT2D eigenvalue weighted by atomic mass is 10.2. The Balaban J connectivity index is 2.04. The first kappa shape index (κ1) is 15.8. The molecule has 114 valence electrons. The second-order valence-electron chi connectivity index (χ2n) is 5.30. The van der Waals surface area contributed by atoms with Gasteiger partial charge in [0.05, 0.1) is 5.56 Å². The van der Waals surface area contributed by atoms with Crippen LogP contribution in [-0.2, 0) is 4.79 Å². The Hall–Kier alpha value is -1.55. The highest BCUT2D eigenvalue weighted by atomic mass is 35.5. The van der Waals surface area contributed by atoms with Crippen LogP contribution in [0.15, 0.2) is 18.2 Å². The number of carbonyl (C=O) groups is 2. The van der Waals surface area contributed by atoms with Gasteiger partial charge < -0.3 is 9.64 Å². The number of benzene rings is 1. The van der Waals surface area contributed by atoms with Gasteiger partial charge in [0.1, 0.15) is 5.75 Å². The highest BCUT2D eigenvalue weighted by Gasteiger charge is 2.23. The molecule has 1 unspecified atom stereocenters. The molecule has 0 radical (unpaired) electrons. The molecule has 0 N–H and O–H groups in total. The second-order valence-corrected chi connectivity index (χ2v) is 5.74. The third-order valence-electron chi connectivity index (χ3n) is 3.67. The van der Waals surface area contributed by atoms with Crippen LogP contribution in [0, 0.1) is 0 Å². The zero-order valence-electron chi connectivity index (χ0n) is 12.2. The van der Waals surface area contributed by atoms with Crippen LogP contribution >= 0.6 is 11.6 Å². The van der Waals surface area contributed by atoms with Crippen LogP contribution in [0.3, 0.4) is 0 Å². The maximum absolute atomic E-state index is 12.4. The van der Waals surface area contributed by atoms with E-state index in [1.54, 1.807) is 19.1 Å². The van der Waals surface area contributed by atoms with E-state index in [0.29, 0.717) is 22.6 Å². The van der Waals surface area contributed by atoms with Gasteiger partial charge in [0, 0.05) is 18.1 Å². The summed E-state index contributed by atoms with van der Waals surface area (Å²) in [5.74, 6) is 0.369. The minimum atomic E-state index is -0.608. The van der Waals surface area contributed by atoms with Gasteiger partial charge >= 0.3 is 0 Å². The molecule has 1 atom stereocenters. The van der Waals surface area contributed by atoms with E-state index in [1.807, 2.05) is 4.90 Å². The van der Waals surface area contributed by atoms with Crippen molar-refractivity contribution in [2.75, 3.05) is 13.1 Å². The first-order valence-corrected chi connectivity index (χ1v) is 7.70. The van der Waals surface area contributed by atoms with Crippen molar-refractivity contribution in [1.82, 2.24) is 4.90 Å². The molecule has 1 aromatic rings. The first-order chi connectivity index (χ1) is 10.1. The number of likely N-dealkylation sites (tertiary alicyclic amines) is 1. The summed E-state index contributed by atoms with van der Waals surface area (Å²) in [5, 5.41) is 0.468. The van der Waals surface area contributed by atoms with Crippen molar-refractivity contribution in [3.8, 4) is 5.75 Å². The van der Waals surface area contributed by atoms with Crippen molar-refractivity contribution in [2.45, 2.75) is 38.7 Å². The van der Waals surface area contributed by atoms with E-state index in [-0.39, 0.29) is 5.91 Å². The standard InChI is InChI=1S/C16H20ClNO3/c1-12(16(20)18-8-4-2-3-5-9-18)21-15-7-6-14(17)10-13(15)11-19/h6-7,10-12H,2-5,8-9H2,1H3. The molecule has 4 nitrogen and oxygen atoms in total. The fraction of sp³-hybridized carbons (Fsp3) is 0.500. The Labute approximate surface area is 130 Å². The number of hydrogen-bond donors (Lipinski definition) is 0. The molecule has 1 saturated heterocycles. The molecule has 0 saturated carbocycles. The predicted molar refractivity (Wildman–Crippen MR) is 82.0 cm³/mol. The molecule has 0 spiro atoms. The highest BCUT2D eigenvalue weighted by Crippen LogP contribution is 2.23. The smallest absolute Gasteiger partial charge is 0.263 e. The van der Waals surface area contributed by atoms with Crippen molar-refractivity contribution >= 4 is 23.8 Å². The molecule has 2 rings (SSSR count). The van der Waals surface area contributed by atoms with Crippen LogP contribution in [0.1, 0.15) is 43.0 Å². The normalized spacial score (nSPS) is 17.0. The van der Waals surface area contributed by atoms with Crippen LogP contribution in [0.4, 0.5) is 0 Å². The first-order valence-electron chi connectivity index (χ1n) is 7.32. The van der Waals surface area contributed by atoms with E-state index in [0.717, 1.165) is 25.9 Å². The molecule has 21 heavy (non-hydrogen) atoms. The zero-order chi connectivity index (χ0) is 15.2. The van der Waals surface area contributed by atoms with E-state index in [9.17, 15) is 9.59 Å². The third-order valence-corrected chi connectivity index (χ3v) is 3.90. The Morgan fingerprint density at radius 2 is 1.95 bits per heavy atom. The summed E-state index contributed by atoms with van der Waals surface area (Å²) in [6.07, 6.45) is 4.50. The molecule has 1 aliphatic rings. The Bertz CT molecular complexity index is 510. The lowest BCUT2D eigenvalue weighted by Crippen LogP contribution is -2.41. The van der Waals surface area contributed by atoms with Crippen LogP contribution in [0.5, 0.6) is 5.75 Å². The number of halogens is 1. The number of nitrogens with zero attached hydrogens (tertiary/aromatic N) is 1. The highest BCUT2D eigenvalue weighted by molar-refractivity contribution is 6.30. The summed E-state index contributed by atoms with van der Waals surface area (Å²) >= 11 is 5.84. The molecule has 0 aliphatic carbocycles. The molecular weight excluding hydrogens is 290 g/mol. The van der Waals surface area contributed by atoms with Crippen LogP contribution in [0.25, 0.3) is 0 Å². The molecule has 1 aromatic carbocycles. The van der Waals surface area contributed by atoms with Crippen LogP contribution in [-0.4, -0.2) is 36.3 Å². The summed E-state index contributed by atoms with van der Waals surface area (Å²) in [4.78, 5) is 25.3. The minimum Gasteiger partial charge on any atom is -0.480 e. The maximum Gasteiger partial charge on any atom is 0.263 e. The largest absolute Gasteiger partial charge is 0.480 e. The number of aldehydes is 1. The van der Waals surface area contributed by atoms with E-state index in [2.05, 4.69) is 0 Å². The monoisotopic (exact) mass is 309 g/mol. The topological polar surface area (TPSA) is 46.6 Å². The van der Waals surface area contributed by atoms with Gasteiger partial charge in [-0.05, 0) is 38.0 Å². The van der Waals surface area contributed by atoms with Crippen molar-refractivity contribution < 1.29 is 14.3 Å². The molecule has 1 amide bonds. The molecule has 5 heteroatoms. The summed E-state index contributed by atoms with van der Waals surface area (Å²) in [7, 11) is 0. The number of amides is 1. The summed E-state index contributed by atoms with van der Waals surface area (Å²) in [6, 6.07) is 4.80. The molecule has 0 aromatic heterocycles.